The zero-order valence-electron chi connectivity index (χ0n) is 18.7. The SMILES string of the molecule is Cc1ccc(C)c(-n2c(SCC(=O)NC(=O)NC(C)(C)C)nnc2-c2ccccc2Cl)c1. The van der Waals surface area contributed by atoms with Crippen molar-refractivity contribution in [2.45, 2.75) is 45.3 Å². The van der Waals surface area contributed by atoms with Gasteiger partial charge in [0.2, 0.25) is 5.91 Å². The monoisotopic (exact) mass is 471 g/mol. The first-order valence-electron chi connectivity index (χ1n) is 10.1. The zero-order chi connectivity index (χ0) is 23.5. The Morgan fingerprint density at radius 3 is 2.50 bits per heavy atom. The van der Waals surface area contributed by atoms with E-state index in [9.17, 15) is 9.59 Å². The molecule has 0 atom stereocenters. The standard InChI is InChI=1S/C23H26ClN5O2S/c1-14-10-11-15(2)18(12-14)29-20(16-8-6-7-9-17(16)24)27-28-22(29)32-13-19(30)25-21(31)26-23(3,4)5/h6-12H,13H2,1-5H3,(H2,25,26,30,31). The Morgan fingerprint density at radius 1 is 1.09 bits per heavy atom. The van der Waals surface area contributed by atoms with Gasteiger partial charge in [0.1, 0.15) is 0 Å². The number of benzene rings is 2. The van der Waals surface area contributed by atoms with Crippen molar-refractivity contribution in [2.75, 3.05) is 5.75 Å². The van der Waals surface area contributed by atoms with Crippen LogP contribution in [0.1, 0.15) is 31.9 Å². The highest BCUT2D eigenvalue weighted by molar-refractivity contribution is 7.99. The number of amides is 3. The summed E-state index contributed by atoms with van der Waals surface area (Å²) in [4.78, 5) is 24.3. The van der Waals surface area contributed by atoms with Crippen LogP contribution in [-0.4, -0.2) is 38.0 Å². The summed E-state index contributed by atoms with van der Waals surface area (Å²) >= 11 is 7.64. The third kappa shape index (κ3) is 5.89. The van der Waals surface area contributed by atoms with Crippen molar-refractivity contribution in [3.8, 4) is 17.1 Å². The van der Waals surface area contributed by atoms with Crippen LogP contribution in [0.3, 0.4) is 0 Å². The van der Waals surface area contributed by atoms with Gasteiger partial charge in [0.15, 0.2) is 11.0 Å². The van der Waals surface area contributed by atoms with Gasteiger partial charge in [-0.1, -0.05) is 47.6 Å². The number of thioether (sulfide) groups is 1. The van der Waals surface area contributed by atoms with Gasteiger partial charge >= 0.3 is 6.03 Å². The molecule has 0 saturated heterocycles. The fraction of sp³-hybridized carbons (Fsp3) is 0.304. The number of halogens is 1. The average molecular weight is 472 g/mol. The molecule has 0 aliphatic rings. The number of aromatic nitrogens is 3. The van der Waals surface area contributed by atoms with Gasteiger partial charge < -0.3 is 5.32 Å². The van der Waals surface area contributed by atoms with Crippen LogP contribution < -0.4 is 10.6 Å². The first-order valence-corrected chi connectivity index (χ1v) is 11.4. The number of aryl methyl sites for hydroxylation is 2. The number of hydrogen-bond acceptors (Lipinski definition) is 5. The minimum atomic E-state index is -0.532. The lowest BCUT2D eigenvalue weighted by atomic mass is 10.1. The maximum atomic E-state index is 12.3. The summed E-state index contributed by atoms with van der Waals surface area (Å²) in [5.41, 5.74) is 3.31. The molecule has 2 aromatic carbocycles. The first-order chi connectivity index (χ1) is 15.0. The van der Waals surface area contributed by atoms with Gasteiger partial charge in [-0.15, -0.1) is 10.2 Å². The summed E-state index contributed by atoms with van der Waals surface area (Å²) in [6.45, 7) is 9.54. The minimum absolute atomic E-state index is 0.00306. The van der Waals surface area contributed by atoms with E-state index in [0.29, 0.717) is 16.0 Å². The highest BCUT2D eigenvalue weighted by Gasteiger charge is 2.21. The number of nitrogens with one attached hydrogen (secondary N) is 2. The molecule has 0 unspecified atom stereocenters. The van der Waals surface area contributed by atoms with Crippen molar-refractivity contribution >= 4 is 35.3 Å². The van der Waals surface area contributed by atoms with E-state index >= 15 is 0 Å². The van der Waals surface area contributed by atoms with Gasteiger partial charge in [-0.25, -0.2) is 4.79 Å². The van der Waals surface area contributed by atoms with Gasteiger partial charge in [-0.3, -0.25) is 14.7 Å². The van der Waals surface area contributed by atoms with Gasteiger partial charge in [-0.2, -0.15) is 0 Å². The minimum Gasteiger partial charge on any atom is -0.333 e. The lowest BCUT2D eigenvalue weighted by Gasteiger charge is -2.20. The van der Waals surface area contributed by atoms with Crippen LogP contribution in [-0.2, 0) is 4.79 Å². The van der Waals surface area contributed by atoms with Crippen LogP contribution >= 0.6 is 23.4 Å². The number of imide groups is 1. The number of hydrogen-bond donors (Lipinski definition) is 2. The van der Waals surface area contributed by atoms with Crippen LogP contribution in [0.4, 0.5) is 4.79 Å². The molecule has 0 saturated carbocycles. The Morgan fingerprint density at radius 2 is 1.81 bits per heavy atom. The molecule has 3 rings (SSSR count). The summed E-state index contributed by atoms with van der Waals surface area (Å²) in [6, 6.07) is 13.0. The molecular weight excluding hydrogens is 446 g/mol. The lowest BCUT2D eigenvalue weighted by Crippen LogP contribution is -2.48. The number of carbonyl (C=O) groups is 2. The number of rotatable bonds is 5. The van der Waals surface area contributed by atoms with E-state index in [2.05, 4.69) is 20.8 Å². The third-order valence-corrected chi connectivity index (χ3v) is 5.69. The maximum absolute atomic E-state index is 12.3. The molecular formula is C23H26ClN5O2S. The normalized spacial score (nSPS) is 11.3. The van der Waals surface area contributed by atoms with Crippen molar-refractivity contribution in [2.24, 2.45) is 0 Å². The molecule has 2 N–H and O–H groups in total. The molecule has 1 heterocycles. The van der Waals surface area contributed by atoms with Crippen molar-refractivity contribution in [1.82, 2.24) is 25.4 Å². The van der Waals surface area contributed by atoms with E-state index in [-0.39, 0.29) is 5.75 Å². The summed E-state index contributed by atoms with van der Waals surface area (Å²) in [5.74, 6) is 0.160. The molecule has 0 aliphatic carbocycles. The van der Waals surface area contributed by atoms with Crippen LogP contribution in [0.5, 0.6) is 0 Å². The Labute approximate surface area is 197 Å². The Hall–Kier alpha value is -2.84. The second-order valence-electron chi connectivity index (χ2n) is 8.45. The predicted octanol–water partition coefficient (Wildman–Crippen LogP) is 4.92. The second kappa shape index (κ2) is 9.75. The molecule has 7 nitrogen and oxygen atoms in total. The molecule has 32 heavy (non-hydrogen) atoms. The lowest BCUT2D eigenvalue weighted by molar-refractivity contribution is -0.117. The Kier molecular flexibility index (Phi) is 7.26. The quantitative estimate of drug-likeness (QED) is 0.515. The van der Waals surface area contributed by atoms with Crippen LogP contribution in [0.2, 0.25) is 5.02 Å². The highest BCUT2D eigenvalue weighted by atomic mass is 35.5. The smallest absolute Gasteiger partial charge is 0.321 e. The fourth-order valence-electron chi connectivity index (χ4n) is 3.02. The van der Waals surface area contributed by atoms with Gasteiger partial charge in [-0.05, 0) is 63.9 Å². The summed E-state index contributed by atoms with van der Waals surface area (Å²) in [7, 11) is 0. The predicted molar refractivity (Wildman–Crippen MR) is 128 cm³/mol. The maximum Gasteiger partial charge on any atom is 0.321 e. The summed E-state index contributed by atoms with van der Waals surface area (Å²) in [6.07, 6.45) is 0. The number of nitrogens with zero attached hydrogens (tertiary/aromatic N) is 3. The van der Waals surface area contributed by atoms with Crippen molar-refractivity contribution in [3.63, 3.8) is 0 Å². The van der Waals surface area contributed by atoms with E-state index in [1.807, 2.05) is 75.6 Å². The molecule has 9 heteroatoms. The van der Waals surface area contributed by atoms with Gasteiger partial charge in [0.05, 0.1) is 16.5 Å². The van der Waals surface area contributed by atoms with Crippen molar-refractivity contribution in [3.05, 3.63) is 58.6 Å². The van der Waals surface area contributed by atoms with Crippen molar-refractivity contribution in [1.29, 1.82) is 0 Å². The molecule has 0 aliphatic heterocycles. The second-order valence-corrected chi connectivity index (χ2v) is 9.80. The van der Waals surface area contributed by atoms with Crippen LogP contribution in [0.25, 0.3) is 17.1 Å². The largest absolute Gasteiger partial charge is 0.333 e. The topological polar surface area (TPSA) is 88.9 Å². The summed E-state index contributed by atoms with van der Waals surface area (Å²) < 4.78 is 1.90. The van der Waals surface area contributed by atoms with E-state index in [1.165, 1.54) is 11.8 Å². The molecule has 1 aromatic heterocycles. The highest BCUT2D eigenvalue weighted by Crippen LogP contribution is 2.33. The molecule has 0 radical (unpaired) electrons. The zero-order valence-corrected chi connectivity index (χ0v) is 20.3. The van der Waals surface area contributed by atoms with E-state index < -0.39 is 17.5 Å². The summed E-state index contributed by atoms with van der Waals surface area (Å²) in [5, 5.41) is 14.8. The van der Waals surface area contributed by atoms with E-state index in [1.54, 1.807) is 6.07 Å². The average Bonchev–Trinajstić information content (AvgIpc) is 3.10. The molecule has 0 bridgehead atoms. The van der Waals surface area contributed by atoms with E-state index in [0.717, 1.165) is 22.4 Å². The van der Waals surface area contributed by atoms with Crippen LogP contribution in [0.15, 0.2) is 47.6 Å². The van der Waals surface area contributed by atoms with Crippen LogP contribution in [0, 0.1) is 13.8 Å². The Bertz CT molecular complexity index is 1150. The van der Waals surface area contributed by atoms with Gasteiger partial charge in [0, 0.05) is 11.1 Å². The fourth-order valence-corrected chi connectivity index (χ4v) is 3.99. The number of urea groups is 1. The molecule has 168 valence electrons. The molecule has 3 aromatic rings. The molecule has 0 fully saturated rings. The Balaban J connectivity index is 1.92. The van der Waals surface area contributed by atoms with Crippen molar-refractivity contribution < 1.29 is 9.59 Å². The van der Waals surface area contributed by atoms with Gasteiger partial charge in [0.25, 0.3) is 0 Å². The van der Waals surface area contributed by atoms with E-state index in [4.69, 9.17) is 11.6 Å². The first kappa shape index (κ1) is 23.8. The molecule has 3 amide bonds. The third-order valence-electron chi connectivity index (χ3n) is 4.43. The number of carbonyl (C=O) groups excluding carboxylic acids is 2. The molecule has 0 spiro atoms.